The number of hydrogen-bond acceptors (Lipinski definition) is 3. The molecule has 0 saturated heterocycles. The molecule has 2 aromatic rings. The molecule has 0 aliphatic rings. The summed E-state index contributed by atoms with van der Waals surface area (Å²) in [4.78, 5) is 0. The lowest BCUT2D eigenvalue weighted by Crippen LogP contribution is -1.87. The summed E-state index contributed by atoms with van der Waals surface area (Å²) in [5.74, 6) is 0. The highest BCUT2D eigenvalue weighted by molar-refractivity contribution is 7.98. The largest absolute Gasteiger partial charge is 0.350 e. The molecule has 3 heteroatoms. The van der Waals surface area contributed by atoms with Crippen molar-refractivity contribution in [3.63, 3.8) is 0 Å². The fraction of sp³-hybridized carbons (Fsp3) is 0.250. The second kappa shape index (κ2) is 4.53. The molecule has 0 aliphatic heterocycles. The molecule has 0 fully saturated rings. The molecule has 0 aliphatic carbocycles. The summed E-state index contributed by atoms with van der Waals surface area (Å²) < 4.78 is 5.12. The number of rotatable bonds is 3. The second-order valence-electron chi connectivity index (χ2n) is 3.50. The average Bonchev–Trinajstić information content (AvgIpc) is 2.69. The van der Waals surface area contributed by atoms with Crippen LogP contribution in [0.4, 0.5) is 0 Å². The summed E-state index contributed by atoms with van der Waals surface area (Å²) in [6, 6.07) is 10.5. The zero-order valence-corrected chi connectivity index (χ0v) is 9.67. The Morgan fingerprint density at radius 2 is 2.00 bits per heavy atom. The number of hydrogen-bond donors (Lipinski definition) is 0. The van der Waals surface area contributed by atoms with Crippen LogP contribution in [0.25, 0.3) is 0 Å². The molecular formula is C12H13NOS. The van der Waals surface area contributed by atoms with Gasteiger partial charge in [-0.25, -0.2) is 0 Å². The first-order valence-electron chi connectivity index (χ1n) is 4.83. The van der Waals surface area contributed by atoms with Gasteiger partial charge >= 0.3 is 0 Å². The Bertz CT molecular complexity index is 433. The molecule has 2 rings (SSSR count). The van der Waals surface area contributed by atoms with Gasteiger partial charge in [0.2, 0.25) is 0 Å². The monoisotopic (exact) mass is 219 g/mol. The first-order chi connectivity index (χ1) is 7.28. The first kappa shape index (κ1) is 10.3. The molecule has 78 valence electrons. The van der Waals surface area contributed by atoms with Crippen molar-refractivity contribution in [1.82, 2.24) is 5.16 Å². The van der Waals surface area contributed by atoms with Crippen molar-refractivity contribution < 1.29 is 4.52 Å². The van der Waals surface area contributed by atoms with E-state index < -0.39 is 0 Å². The normalized spacial score (nSPS) is 10.5. The zero-order chi connectivity index (χ0) is 10.7. The number of thioether (sulfide) groups is 1. The van der Waals surface area contributed by atoms with E-state index in [9.17, 15) is 0 Å². The van der Waals surface area contributed by atoms with Crippen molar-refractivity contribution >= 4 is 11.8 Å². The van der Waals surface area contributed by atoms with Crippen LogP contribution in [0.3, 0.4) is 0 Å². The molecule has 15 heavy (non-hydrogen) atoms. The van der Waals surface area contributed by atoms with E-state index >= 15 is 0 Å². The van der Waals surface area contributed by atoms with Gasteiger partial charge in [-0.15, -0.1) is 0 Å². The number of aryl methyl sites for hydroxylation is 1. The average molecular weight is 219 g/mol. The van der Waals surface area contributed by atoms with E-state index in [2.05, 4.69) is 36.3 Å². The molecule has 0 bridgehead atoms. The molecule has 0 unspecified atom stereocenters. The van der Waals surface area contributed by atoms with E-state index in [1.54, 1.807) is 11.8 Å². The lowest BCUT2D eigenvalue weighted by Gasteiger charge is -1.97. The van der Waals surface area contributed by atoms with Crippen LogP contribution in [0.5, 0.6) is 0 Å². The van der Waals surface area contributed by atoms with Gasteiger partial charge in [0.1, 0.15) is 0 Å². The van der Waals surface area contributed by atoms with Crippen LogP contribution >= 0.6 is 11.8 Å². The Hall–Kier alpha value is -1.22. The van der Waals surface area contributed by atoms with Gasteiger partial charge in [0, 0.05) is 12.5 Å². The fourth-order valence-corrected chi connectivity index (χ4v) is 1.75. The van der Waals surface area contributed by atoms with Gasteiger partial charge < -0.3 is 4.52 Å². The third-order valence-corrected chi connectivity index (χ3v) is 2.84. The Kier molecular flexibility index (Phi) is 3.11. The van der Waals surface area contributed by atoms with Crippen LogP contribution in [-0.4, -0.2) is 11.4 Å². The van der Waals surface area contributed by atoms with Gasteiger partial charge in [0.25, 0.3) is 0 Å². The third kappa shape index (κ3) is 2.63. The van der Waals surface area contributed by atoms with Crippen LogP contribution in [0, 0.1) is 6.92 Å². The van der Waals surface area contributed by atoms with Crippen LogP contribution < -0.4 is 0 Å². The zero-order valence-electron chi connectivity index (χ0n) is 8.86. The smallest absolute Gasteiger partial charge is 0.193 e. The van der Waals surface area contributed by atoms with Crippen molar-refractivity contribution in [2.75, 3.05) is 6.26 Å². The van der Waals surface area contributed by atoms with Crippen LogP contribution in [0.2, 0.25) is 0 Å². The standard InChI is InChI=1S/C12H13NOS/c1-9-3-5-10(6-4-9)7-11-8-12(15-2)14-13-11/h3-6,8H,7H2,1-2H3. The van der Waals surface area contributed by atoms with Gasteiger partial charge in [-0.3, -0.25) is 0 Å². The molecular weight excluding hydrogens is 206 g/mol. The van der Waals surface area contributed by atoms with E-state index in [1.165, 1.54) is 11.1 Å². The maximum atomic E-state index is 5.12. The summed E-state index contributed by atoms with van der Waals surface area (Å²) >= 11 is 1.57. The quantitative estimate of drug-likeness (QED) is 0.741. The Morgan fingerprint density at radius 3 is 2.60 bits per heavy atom. The fourth-order valence-electron chi connectivity index (χ4n) is 1.39. The molecule has 1 aromatic heterocycles. The van der Waals surface area contributed by atoms with Gasteiger partial charge in [-0.1, -0.05) is 46.7 Å². The summed E-state index contributed by atoms with van der Waals surface area (Å²) in [6.45, 7) is 2.09. The van der Waals surface area contributed by atoms with Gasteiger partial charge in [-0.05, 0) is 18.7 Å². The van der Waals surface area contributed by atoms with E-state index in [-0.39, 0.29) is 0 Å². The molecule has 0 N–H and O–H groups in total. The third-order valence-electron chi connectivity index (χ3n) is 2.24. The number of nitrogens with zero attached hydrogens (tertiary/aromatic N) is 1. The van der Waals surface area contributed by atoms with Crippen molar-refractivity contribution in [2.24, 2.45) is 0 Å². The highest BCUT2D eigenvalue weighted by atomic mass is 32.2. The van der Waals surface area contributed by atoms with E-state index in [0.29, 0.717) is 0 Å². The van der Waals surface area contributed by atoms with E-state index in [0.717, 1.165) is 17.2 Å². The maximum absolute atomic E-state index is 5.12. The molecule has 0 saturated carbocycles. The summed E-state index contributed by atoms with van der Waals surface area (Å²) in [6.07, 6.45) is 2.82. The first-order valence-corrected chi connectivity index (χ1v) is 6.05. The van der Waals surface area contributed by atoms with Crippen LogP contribution in [0.15, 0.2) is 39.9 Å². The van der Waals surface area contributed by atoms with Gasteiger partial charge in [-0.2, -0.15) is 0 Å². The highest BCUT2D eigenvalue weighted by Crippen LogP contribution is 2.17. The number of aromatic nitrogens is 1. The van der Waals surface area contributed by atoms with Crippen LogP contribution in [-0.2, 0) is 6.42 Å². The highest BCUT2D eigenvalue weighted by Gasteiger charge is 2.03. The minimum absolute atomic E-state index is 0.838. The molecule has 0 amide bonds. The molecule has 0 atom stereocenters. The lowest BCUT2D eigenvalue weighted by molar-refractivity contribution is 0.346. The summed E-state index contributed by atoms with van der Waals surface area (Å²) in [5, 5.41) is 4.88. The second-order valence-corrected chi connectivity index (χ2v) is 4.31. The van der Waals surface area contributed by atoms with Crippen molar-refractivity contribution in [3.05, 3.63) is 47.2 Å². The van der Waals surface area contributed by atoms with Crippen molar-refractivity contribution in [3.8, 4) is 0 Å². The lowest BCUT2D eigenvalue weighted by atomic mass is 10.1. The summed E-state index contributed by atoms with van der Waals surface area (Å²) in [5.41, 5.74) is 3.54. The minimum Gasteiger partial charge on any atom is -0.350 e. The minimum atomic E-state index is 0.838. The number of benzene rings is 1. The molecule has 0 radical (unpaired) electrons. The topological polar surface area (TPSA) is 26.0 Å². The Balaban J connectivity index is 2.11. The Morgan fingerprint density at radius 1 is 1.27 bits per heavy atom. The Labute approximate surface area is 93.7 Å². The van der Waals surface area contributed by atoms with Crippen molar-refractivity contribution in [2.45, 2.75) is 18.4 Å². The van der Waals surface area contributed by atoms with Gasteiger partial charge in [0.15, 0.2) is 5.09 Å². The van der Waals surface area contributed by atoms with Crippen LogP contribution in [0.1, 0.15) is 16.8 Å². The predicted octanol–water partition coefficient (Wildman–Crippen LogP) is 3.30. The van der Waals surface area contributed by atoms with E-state index in [4.69, 9.17) is 4.52 Å². The maximum Gasteiger partial charge on any atom is 0.193 e. The molecule has 1 heterocycles. The van der Waals surface area contributed by atoms with E-state index in [1.807, 2.05) is 12.3 Å². The molecule has 1 aromatic carbocycles. The predicted molar refractivity (Wildman–Crippen MR) is 62.3 cm³/mol. The molecule has 2 nitrogen and oxygen atoms in total. The van der Waals surface area contributed by atoms with Gasteiger partial charge in [0.05, 0.1) is 5.69 Å². The van der Waals surface area contributed by atoms with Crippen molar-refractivity contribution in [1.29, 1.82) is 0 Å². The SMILES string of the molecule is CSc1cc(Cc2ccc(C)cc2)no1. The molecule has 0 spiro atoms. The summed E-state index contributed by atoms with van der Waals surface area (Å²) in [7, 11) is 0.